The molecule has 0 aliphatic carbocycles. The smallest absolute Gasteiger partial charge is 0.303 e. The normalized spacial score (nSPS) is 11.8. The van der Waals surface area contributed by atoms with Crippen LogP contribution in [0.25, 0.3) is 11.2 Å². The molecule has 0 bridgehead atoms. The third-order valence-corrected chi connectivity index (χ3v) is 4.83. The number of carbonyl (C=O) groups is 1. The van der Waals surface area contributed by atoms with Crippen molar-refractivity contribution < 1.29 is 9.90 Å². The lowest BCUT2D eigenvalue weighted by Gasteiger charge is -2.24. The monoisotopic (exact) mass is 391 g/mol. The van der Waals surface area contributed by atoms with Gasteiger partial charge in [0.25, 0.3) is 0 Å². The Labute approximate surface area is 161 Å². The highest BCUT2D eigenvalue weighted by Gasteiger charge is 2.29. The second kappa shape index (κ2) is 7.25. The fourth-order valence-electron chi connectivity index (χ4n) is 2.96. The Bertz CT molecular complexity index is 949. The van der Waals surface area contributed by atoms with Gasteiger partial charge in [-0.25, -0.2) is 9.97 Å². The number of hydrogen-bond acceptors (Lipinski definition) is 3. The van der Waals surface area contributed by atoms with Crippen LogP contribution in [0.5, 0.6) is 0 Å². The molecule has 0 saturated carbocycles. The predicted molar refractivity (Wildman–Crippen MR) is 103 cm³/mol. The molecule has 3 rings (SSSR count). The van der Waals surface area contributed by atoms with Gasteiger partial charge in [0.05, 0.1) is 11.6 Å². The van der Waals surface area contributed by atoms with E-state index in [-0.39, 0.29) is 6.42 Å². The molecule has 7 heteroatoms. The van der Waals surface area contributed by atoms with Crippen molar-refractivity contribution in [2.75, 3.05) is 0 Å². The van der Waals surface area contributed by atoms with Gasteiger partial charge in [-0.2, -0.15) is 0 Å². The quantitative estimate of drug-likeness (QED) is 0.646. The Balaban J connectivity index is 2.08. The molecule has 0 amide bonds. The van der Waals surface area contributed by atoms with Crippen molar-refractivity contribution in [2.24, 2.45) is 0 Å². The highest BCUT2D eigenvalue weighted by atomic mass is 35.5. The van der Waals surface area contributed by atoms with E-state index in [1.165, 1.54) is 0 Å². The largest absolute Gasteiger partial charge is 0.481 e. The number of halogens is 2. The highest BCUT2D eigenvalue weighted by Crippen LogP contribution is 2.31. The SMILES string of the molecule is CC(C)(CCC(=O)O)c1nc2cc(Cl)cnc2n1Cc1ccc(Cl)cc1. The first kappa shape index (κ1) is 18.7. The molecule has 0 atom stereocenters. The number of rotatable bonds is 6. The first-order valence-electron chi connectivity index (χ1n) is 8.25. The number of aromatic nitrogens is 3. The predicted octanol–water partition coefficient (Wildman–Crippen LogP) is 4.93. The van der Waals surface area contributed by atoms with Crippen LogP contribution in [-0.2, 0) is 16.8 Å². The van der Waals surface area contributed by atoms with E-state index in [9.17, 15) is 4.79 Å². The summed E-state index contributed by atoms with van der Waals surface area (Å²) in [7, 11) is 0. The van der Waals surface area contributed by atoms with Gasteiger partial charge in [0.1, 0.15) is 11.3 Å². The molecular weight excluding hydrogens is 373 g/mol. The van der Waals surface area contributed by atoms with Crippen molar-refractivity contribution >= 4 is 40.3 Å². The molecule has 1 aromatic carbocycles. The van der Waals surface area contributed by atoms with Crippen molar-refractivity contribution in [2.45, 2.75) is 38.6 Å². The Kier molecular flexibility index (Phi) is 5.21. The second-order valence-corrected chi connectivity index (χ2v) is 7.79. The van der Waals surface area contributed by atoms with E-state index >= 15 is 0 Å². The molecule has 26 heavy (non-hydrogen) atoms. The van der Waals surface area contributed by atoms with E-state index in [4.69, 9.17) is 33.3 Å². The Morgan fingerprint density at radius 2 is 1.88 bits per heavy atom. The zero-order valence-corrected chi connectivity index (χ0v) is 16.1. The van der Waals surface area contributed by atoms with Crippen LogP contribution in [0.3, 0.4) is 0 Å². The lowest BCUT2D eigenvalue weighted by molar-refractivity contribution is -0.137. The average Bonchev–Trinajstić information content (AvgIpc) is 2.93. The van der Waals surface area contributed by atoms with Crippen LogP contribution in [0.1, 0.15) is 38.1 Å². The number of carboxylic acid groups (broad SMARTS) is 1. The summed E-state index contributed by atoms with van der Waals surface area (Å²) in [5.74, 6) is -0.0296. The molecule has 0 spiro atoms. The fourth-order valence-corrected chi connectivity index (χ4v) is 3.23. The molecule has 0 aliphatic rings. The Hall–Kier alpha value is -2.11. The van der Waals surface area contributed by atoms with Crippen LogP contribution in [0.2, 0.25) is 10.0 Å². The number of aliphatic carboxylic acids is 1. The first-order valence-corrected chi connectivity index (χ1v) is 9.00. The van der Waals surface area contributed by atoms with Crippen LogP contribution in [0, 0.1) is 0 Å². The van der Waals surface area contributed by atoms with Gasteiger partial charge in [-0.3, -0.25) is 4.79 Å². The van der Waals surface area contributed by atoms with E-state index < -0.39 is 11.4 Å². The summed E-state index contributed by atoms with van der Waals surface area (Å²) in [5.41, 5.74) is 2.05. The highest BCUT2D eigenvalue weighted by molar-refractivity contribution is 6.31. The Morgan fingerprint density at radius 3 is 2.54 bits per heavy atom. The third-order valence-electron chi connectivity index (χ3n) is 4.37. The number of carboxylic acids is 1. The van der Waals surface area contributed by atoms with E-state index in [0.717, 1.165) is 17.0 Å². The van der Waals surface area contributed by atoms with Gasteiger partial charge in [0.15, 0.2) is 5.65 Å². The van der Waals surface area contributed by atoms with Crippen molar-refractivity contribution in [1.82, 2.24) is 14.5 Å². The third kappa shape index (κ3) is 4.00. The number of nitrogens with zero attached hydrogens (tertiary/aromatic N) is 3. The summed E-state index contributed by atoms with van der Waals surface area (Å²) in [6.07, 6.45) is 2.14. The first-order chi connectivity index (χ1) is 12.3. The van der Waals surface area contributed by atoms with E-state index in [2.05, 4.69) is 4.98 Å². The average molecular weight is 392 g/mol. The number of fused-ring (bicyclic) bond motifs is 1. The summed E-state index contributed by atoms with van der Waals surface area (Å²) in [5, 5.41) is 10.3. The minimum absolute atomic E-state index is 0.0747. The maximum absolute atomic E-state index is 11.0. The van der Waals surface area contributed by atoms with Crippen molar-refractivity contribution in [1.29, 1.82) is 0 Å². The van der Waals surface area contributed by atoms with Gasteiger partial charge in [0.2, 0.25) is 0 Å². The summed E-state index contributed by atoms with van der Waals surface area (Å²) in [6.45, 7) is 4.56. The molecule has 1 N–H and O–H groups in total. The molecule has 0 radical (unpaired) electrons. The summed E-state index contributed by atoms with van der Waals surface area (Å²) in [4.78, 5) is 20.2. The number of imidazole rings is 1. The Morgan fingerprint density at radius 1 is 1.19 bits per heavy atom. The molecule has 0 aliphatic heterocycles. The minimum Gasteiger partial charge on any atom is -0.481 e. The van der Waals surface area contributed by atoms with Crippen LogP contribution >= 0.6 is 23.2 Å². The minimum atomic E-state index is -0.820. The maximum atomic E-state index is 11.0. The van der Waals surface area contributed by atoms with Gasteiger partial charge in [0, 0.05) is 23.1 Å². The van der Waals surface area contributed by atoms with E-state index in [1.807, 2.05) is 42.7 Å². The summed E-state index contributed by atoms with van der Waals surface area (Å²) >= 11 is 12.0. The molecule has 3 aromatic rings. The topological polar surface area (TPSA) is 68.0 Å². The maximum Gasteiger partial charge on any atom is 0.303 e. The molecule has 136 valence electrons. The second-order valence-electron chi connectivity index (χ2n) is 6.92. The van der Waals surface area contributed by atoms with Crippen LogP contribution in [0.4, 0.5) is 0 Å². The van der Waals surface area contributed by atoms with Crippen LogP contribution in [-0.4, -0.2) is 25.6 Å². The van der Waals surface area contributed by atoms with E-state index in [0.29, 0.717) is 28.5 Å². The van der Waals surface area contributed by atoms with Gasteiger partial charge < -0.3 is 9.67 Å². The molecule has 0 unspecified atom stereocenters. The summed E-state index contributed by atoms with van der Waals surface area (Å²) < 4.78 is 2.02. The van der Waals surface area contributed by atoms with Crippen molar-refractivity contribution in [3.05, 3.63) is 58.0 Å². The van der Waals surface area contributed by atoms with Gasteiger partial charge in [-0.1, -0.05) is 49.2 Å². The molecule has 0 saturated heterocycles. The summed E-state index contributed by atoms with van der Waals surface area (Å²) in [6, 6.07) is 9.38. The zero-order valence-electron chi connectivity index (χ0n) is 14.5. The van der Waals surface area contributed by atoms with E-state index in [1.54, 1.807) is 12.3 Å². The van der Waals surface area contributed by atoms with Crippen molar-refractivity contribution in [3.63, 3.8) is 0 Å². The standard InChI is InChI=1S/C19H19Cl2N3O2/c1-19(2,8-7-16(25)26)18-23-15-9-14(21)10-22-17(15)24(18)11-12-3-5-13(20)6-4-12/h3-6,9-10H,7-8,11H2,1-2H3,(H,25,26). The number of benzene rings is 1. The van der Waals surface area contributed by atoms with Crippen molar-refractivity contribution in [3.8, 4) is 0 Å². The molecule has 2 heterocycles. The zero-order chi connectivity index (χ0) is 18.9. The van der Waals surface area contributed by atoms with Crippen LogP contribution < -0.4 is 0 Å². The van der Waals surface area contributed by atoms with Gasteiger partial charge >= 0.3 is 5.97 Å². The van der Waals surface area contributed by atoms with Gasteiger partial charge in [-0.05, 0) is 30.2 Å². The lowest BCUT2D eigenvalue weighted by Crippen LogP contribution is -2.24. The van der Waals surface area contributed by atoms with Gasteiger partial charge in [-0.15, -0.1) is 0 Å². The molecule has 5 nitrogen and oxygen atoms in total. The molecule has 2 aromatic heterocycles. The molecule has 0 fully saturated rings. The van der Waals surface area contributed by atoms with Crippen LogP contribution in [0.15, 0.2) is 36.5 Å². The lowest BCUT2D eigenvalue weighted by atomic mass is 9.86. The number of hydrogen-bond donors (Lipinski definition) is 1. The molecular formula is C19H19Cl2N3O2. The fraction of sp³-hybridized carbons (Fsp3) is 0.316. The number of pyridine rings is 1.